The maximum absolute atomic E-state index is 11.6. The molecule has 0 aliphatic heterocycles. The Morgan fingerprint density at radius 1 is 1.42 bits per heavy atom. The van der Waals surface area contributed by atoms with E-state index in [1.807, 2.05) is 13.8 Å². The van der Waals surface area contributed by atoms with Crippen molar-refractivity contribution in [2.75, 3.05) is 33.1 Å². The van der Waals surface area contributed by atoms with Crippen LogP contribution in [0.2, 0.25) is 0 Å². The molecule has 0 amide bonds. The fraction of sp³-hybridized carbons (Fsp3) is 0.917. The lowest BCUT2D eigenvalue weighted by Crippen LogP contribution is -2.45. The van der Waals surface area contributed by atoms with Gasteiger partial charge in [-0.05, 0) is 27.7 Å². The largest absolute Gasteiger partial charge is 0.383 e. The standard InChI is InChI=1S/C12H27N3O3S/c1-7-13-11(15-10(2)8-18-5)14-9-12(3,4)19(6,16)17/h10H,7-9H2,1-6H3,(H2,13,14,15). The summed E-state index contributed by atoms with van der Waals surface area (Å²) in [6, 6.07) is 0.101. The molecular formula is C12H27N3O3S. The van der Waals surface area contributed by atoms with E-state index in [2.05, 4.69) is 15.6 Å². The highest BCUT2D eigenvalue weighted by Crippen LogP contribution is 2.15. The molecule has 0 aromatic heterocycles. The van der Waals surface area contributed by atoms with Gasteiger partial charge in [-0.3, -0.25) is 4.99 Å². The number of nitrogens with one attached hydrogen (secondary N) is 2. The summed E-state index contributed by atoms with van der Waals surface area (Å²) in [4.78, 5) is 4.33. The minimum atomic E-state index is -3.14. The van der Waals surface area contributed by atoms with Crippen LogP contribution in [0.4, 0.5) is 0 Å². The summed E-state index contributed by atoms with van der Waals surface area (Å²) in [5.41, 5.74) is 0. The second kappa shape index (κ2) is 7.69. The van der Waals surface area contributed by atoms with Gasteiger partial charge in [0.2, 0.25) is 0 Å². The van der Waals surface area contributed by atoms with Gasteiger partial charge >= 0.3 is 0 Å². The molecule has 2 N–H and O–H groups in total. The molecule has 0 aromatic rings. The Labute approximate surface area is 116 Å². The molecule has 6 nitrogen and oxygen atoms in total. The van der Waals surface area contributed by atoms with E-state index in [0.29, 0.717) is 19.1 Å². The Bertz CT molecular complexity index is 391. The number of hydrogen-bond donors (Lipinski definition) is 2. The third-order valence-corrected chi connectivity index (χ3v) is 4.90. The number of guanidine groups is 1. The van der Waals surface area contributed by atoms with Gasteiger partial charge in [0.15, 0.2) is 15.8 Å². The van der Waals surface area contributed by atoms with E-state index >= 15 is 0 Å². The molecule has 0 aromatic carbocycles. The molecule has 7 heteroatoms. The first-order valence-corrected chi connectivity index (χ1v) is 8.26. The molecule has 1 unspecified atom stereocenters. The van der Waals surface area contributed by atoms with E-state index < -0.39 is 14.6 Å². The smallest absolute Gasteiger partial charge is 0.191 e. The Morgan fingerprint density at radius 3 is 2.42 bits per heavy atom. The van der Waals surface area contributed by atoms with Gasteiger partial charge in [-0.25, -0.2) is 8.42 Å². The molecule has 19 heavy (non-hydrogen) atoms. The van der Waals surface area contributed by atoms with Crippen LogP contribution >= 0.6 is 0 Å². The van der Waals surface area contributed by atoms with Crippen LogP contribution in [0.15, 0.2) is 4.99 Å². The Morgan fingerprint density at radius 2 is 2.00 bits per heavy atom. The van der Waals surface area contributed by atoms with E-state index in [0.717, 1.165) is 0 Å². The quantitative estimate of drug-likeness (QED) is 0.525. The molecule has 0 saturated carbocycles. The van der Waals surface area contributed by atoms with Crippen LogP contribution in [0.5, 0.6) is 0 Å². The molecule has 0 rings (SSSR count). The fourth-order valence-electron chi connectivity index (χ4n) is 1.23. The van der Waals surface area contributed by atoms with Crippen LogP contribution in [0.25, 0.3) is 0 Å². The summed E-state index contributed by atoms with van der Waals surface area (Å²) in [5.74, 6) is 0.601. The summed E-state index contributed by atoms with van der Waals surface area (Å²) in [5, 5.41) is 6.25. The minimum absolute atomic E-state index is 0.101. The lowest BCUT2D eigenvalue weighted by Gasteiger charge is -2.22. The lowest BCUT2D eigenvalue weighted by atomic mass is 10.2. The molecule has 0 spiro atoms. The van der Waals surface area contributed by atoms with Gasteiger partial charge in [-0.15, -0.1) is 0 Å². The molecule has 0 radical (unpaired) electrons. The Balaban J connectivity index is 4.76. The number of rotatable bonds is 7. The number of aliphatic imine (C=N–C) groups is 1. The fourth-order valence-corrected chi connectivity index (χ4v) is 1.53. The first kappa shape index (κ1) is 18.2. The maximum atomic E-state index is 11.6. The average molecular weight is 293 g/mol. The van der Waals surface area contributed by atoms with Crippen molar-refractivity contribution in [1.82, 2.24) is 10.6 Å². The van der Waals surface area contributed by atoms with Crippen molar-refractivity contribution >= 4 is 15.8 Å². The highest BCUT2D eigenvalue weighted by molar-refractivity contribution is 7.92. The molecule has 0 bridgehead atoms. The zero-order chi connectivity index (χ0) is 15.1. The maximum Gasteiger partial charge on any atom is 0.191 e. The van der Waals surface area contributed by atoms with Crippen molar-refractivity contribution < 1.29 is 13.2 Å². The second-order valence-electron chi connectivity index (χ2n) is 5.23. The molecule has 114 valence electrons. The minimum Gasteiger partial charge on any atom is -0.383 e. The molecule has 0 heterocycles. The summed E-state index contributed by atoms with van der Waals surface area (Å²) in [6.45, 7) is 8.76. The van der Waals surface area contributed by atoms with E-state index in [4.69, 9.17) is 4.74 Å². The summed E-state index contributed by atoms with van der Waals surface area (Å²) < 4.78 is 27.4. The van der Waals surface area contributed by atoms with Gasteiger partial charge < -0.3 is 15.4 Å². The van der Waals surface area contributed by atoms with Gasteiger partial charge in [0.1, 0.15) is 0 Å². The number of ether oxygens (including phenoxy) is 1. The van der Waals surface area contributed by atoms with Crippen molar-refractivity contribution in [3.05, 3.63) is 0 Å². The van der Waals surface area contributed by atoms with Crippen LogP contribution in [0, 0.1) is 0 Å². The number of hydrogen-bond acceptors (Lipinski definition) is 4. The van der Waals surface area contributed by atoms with Crippen molar-refractivity contribution in [2.24, 2.45) is 4.99 Å². The van der Waals surface area contributed by atoms with Gasteiger partial charge in [-0.1, -0.05) is 0 Å². The zero-order valence-corrected chi connectivity index (χ0v) is 13.6. The third kappa shape index (κ3) is 6.77. The topological polar surface area (TPSA) is 79.8 Å². The normalized spacial score (nSPS) is 15.2. The monoisotopic (exact) mass is 293 g/mol. The van der Waals surface area contributed by atoms with Crippen molar-refractivity contribution in [1.29, 1.82) is 0 Å². The predicted octanol–water partition coefficient (Wildman–Crippen LogP) is 0.400. The second-order valence-corrected chi connectivity index (χ2v) is 7.88. The van der Waals surface area contributed by atoms with Crippen LogP contribution in [0.3, 0.4) is 0 Å². The summed E-state index contributed by atoms with van der Waals surface area (Å²) in [7, 11) is -1.51. The number of sulfone groups is 1. The molecule has 0 saturated heterocycles. The van der Waals surface area contributed by atoms with Gasteiger partial charge in [-0.2, -0.15) is 0 Å². The predicted molar refractivity (Wildman–Crippen MR) is 79.4 cm³/mol. The van der Waals surface area contributed by atoms with Crippen molar-refractivity contribution in [2.45, 2.75) is 38.5 Å². The molecule has 1 atom stereocenters. The number of methoxy groups -OCH3 is 1. The Hall–Kier alpha value is -0.820. The van der Waals surface area contributed by atoms with E-state index in [1.54, 1.807) is 21.0 Å². The summed E-state index contributed by atoms with van der Waals surface area (Å²) in [6.07, 6.45) is 1.23. The van der Waals surface area contributed by atoms with E-state index in [-0.39, 0.29) is 12.6 Å². The van der Waals surface area contributed by atoms with Gasteiger partial charge in [0.05, 0.1) is 17.9 Å². The van der Waals surface area contributed by atoms with Crippen molar-refractivity contribution in [3.8, 4) is 0 Å². The van der Waals surface area contributed by atoms with E-state index in [1.165, 1.54) is 6.26 Å². The van der Waals surface area contributed by atoms with Crippen LogP contribution in [-0.4, -0.2) is 58.2 Å². The molecule has 0 aliphatic carbocycles. The highest BCUT2D eigenvalue weighted by Gasteiger charge is 2.29. The first-order chi connectivity index (χ1) is 8.64. The molecule has 0 aliphatic rings. The highest BCUT2D eigenvalue weighted by atomic mass is 32.2. The SMILES string of the molecule is CCNC(=NCC(C)(C)S(C)(=O)=O)NC(C)COC. The van der Waals surface area contributed by atoms with Crippen molar-refractivity contribution in [3.63, 3.8) is 0 Å². The van der Waals surface area contributed by atoms with Gasteiger partial charge in [0, 0.05) is 26.0 Å². The zero-order valence-electron chi connectivity index (χ0n) is 12.8. The lowest BCUT2D eigenvalue weighted by molar-refractivity contribution is 0.179. The molecule has 0 fully saturated rings. The van der Waals surface area contributed by atoms with Crippen LogP contribution in [-0.2, 0) is 14.6 Å². The average Bonchev–Trinajstić information content (AvgIpc) is 2.25. The Kier molecular flexibility index (Phi) is 7.36. The van der Waals surface area contributed by atoms with Crippen LogP contribution < -0.4 is 10.6 Å². The summed E-state index contributed by atoms with van der Waals surface area (Å²) >= 11 is 0. The number of nitrogens with zero attached hydrogens (tertiary/aromatic N) is 1. The van der Waals surface area contributed by atoms with E-state index in [9.17, 15) is 8.42 Å². The first-order valence-electron chi connectivity index (χ1n) is 6.37. The van der Waals surface area contributed by atoms with Crippen LogP contribution in [0.1, 0.15) is 27.7 Å². The molecular weight excluding hydrogens is 266 g/mol. The van der Waals surface area contributed by atoms with Gasteiger partial charge in [0.25, 0.3) is 0 Å². The third-order valence-electron chi connectivity index (χ3n) is 2.77.